The molecule has 18 heavy (non-hydrogen) atoms. The van der Waals surface area contributed by atoms with Crippen LogP contribution in [0.2, 0.25) is 0 Å². The van der Waals surface area contributed by atoms with Crippen LogP contribution in [0.15, 0.2) is 0 Å². The fourth-order valence-corrected chi connectivity index (χ4v) is 1.46. The molecule has 5 heteroatoms. The third-order valence-corrected chi connectivity index (χ3v) is 2.75. The molecule has 3 N–H and O–H groups in total. The van der Waals surface area contributed by atoms with Crippen molar-refractivity contribution in [3.05, 3.63) is 0 Å². The minimum absolute atomic E-state index is 0.00383. The number of rotatable bonds is 7. The molecule has 0 rings (SSSR count). The maximum absolute atomic E-state index is 11.5. The predicted molar refractivity (Wildman–Crippen MR) is 71.5 cm³/mol. The second kappa shape index (κ2) is 7.95. The molecule has 0 bridgehead atoms. The first-order valence-electron chi connectivity index (χ1n) is 6.48. The average Bonchev–Trinajstić information content (AvgIpc) is 2.21. The van der Waals surface area contributed by atoms with Crippen LogP contribution in [0.4, 0.5) is 4.79 Å². The molecule has 0 aliphatic carbocycles. The van der Waals surface area contributed by atoms with Crippen LogP contribution in [-0.2, 0) is 4.79 Å². The van der Waals surface area contributed by atoms with Crippen molar-refractivity contribution in [2.24, 2.45) is 11.3 Å². The smallest absolute Gasteiger partial charge is 0.314 e. The molecule has 0 aliphatic rings. The van der Waals surface area contributed by atoms with Gasteiger partial charge in [-0.25, -0.2) is 4.79 Å². The molecule has 0 saturated heterocycles. The summed E-state index contributed by atoms with van der Waals surface area (Å²) in [7, 11) is 0. The van der Waals surface area contributed by atoms with Gasteiger partial charge < -0.3 is 15.7 Å². The molecule has 0 saturated carbocycles. The molecule has 0 aromatic rings. The number of carboxylic acid groups (broad SMARTS) is 1. The first kappa shape index (κ1) is 16.7. The Morgan fingerprint density at radius 2 is 1.83 bits per heavy atom. The zero-order valence-electron chi connectivity index (χ0n) is 11.9. The second-order valence-corrected chi connectivity index (χ2v) is 5.82. The van der Waals surface area contributed by atoms with Gasteiger partial charge in [-0.2, -0.15) is 0 Å². The molecular formula is C13H26N2O3. The summed E-state index contributed by atoms with van der Waals surface area (Å²) < 4.78 is 0. The van der Waals surface area contributed by atoms with Gasteiger partial charge in [-0.3, -0.25) is 4.79 Å². The van der Waals surface area contributed by atoms with E-state index >= 15 is 0 Å². The highest BCUT2D eigenvalue weighted by Crippen LogP contribution is 2.16. The van der Waals surface area contributed by atoms with Crippen LogP contribution in [0.5, 0.6) is 0 Å². The lowest BCUT2D eigenvalue weighted by molar-refractivity contribution is -0.138. The van der Waals surface area contributed by atoms with Crippen molar-refractivity contribution in [3.8, 4) is 0 Å². The fraction of sp³-hybridized carbons (Fsp3) is 0.846. The Kier molecular flexibility index (Phi) is 7.39. The summed E-state index contributed by atoms with van der Waals surface area (Å²) in [4.78, 5) is 22.0. The van der Waals surface area contributed by atoms with Crippen molar-refractivity contribution in [1.29, 1.82) is 0 Å². The van der Waals surface area contributed by atoms with Crippen LogP contribution < -0.4 is 10.6 Å². The minimum atomic E-state index is -0.822. The number of aliphatic carboxylic acids is 1. The largest absolute Gasteiger partial charge is 0.481 e. The Balaban J connectivity index is 3.78. The molecule has 1 unspecified atom stereocenters. The number of hydrogen-bond acceptors (Lipinski definition) is 2. The van der Waals surface area contributed by atoms with Crippen LogP contribution in [0, 0.1) is 11.3 Å². The number of amides is 2. The molecule has 106 valence electrons. The first-order chi connectivity index (χ1) is 8.24. The van der Waals surface area contributed by atoms with Gasteiger partial charge in [-0.1, -0.05) is 34.1 Å². The van der Waals surface area contributed by atoms with Crippen LogP contribution in [0.25, 0.3) is 0 Å². The van der Waals surface area contributed by atoms with E-state index in [1.54, 1.807) is 0 Å². The van der Waals surface area contributed by atoms with Gasteiger partial charge in [0.1, 0.15) is 0 Å². The lowest BCUT2D eigenvalue weighted by Gasteiger charge is -2.19. The molecule has 5 nitrogen and oxygen atoms in total. The summed E-state index contributed by atoms with van der Waals surface area (Å²) in [6, 6.07) is -0.219. The molecule has 0 radical (unpaired) electrons. The maximum atomic E-state index is 11.5. The summed E-state index contributed by atoms with van der Waals surface area (Å²) in [5.41, 5.74) is 0.197. The van der Waals surface area contributed by atoms with Gasteiger partial charge in [0.05, 0.1) is 0 Å². The van der Waals surface area contributed by atoms with Gasteiger partial charge in [0.2, 0.25) is 0 Å². The lowest BCUT2D eigenvalue weighted by atomic mass is 9.92. The van der Waals surface area contributed by atoms with Crippen LogP contribution in [0.3, 0.4) is 0 Å². The monoisotopic (exact) mass is 258 g/mol. The molecule has 0 spiro atoms. The lowest BCUT2D eigenvalue weighted by Crippen LogP contribution is -2.39. The van der Waals surface area contributed by atoms with E-state index in [0.717, 1.165) is 12.8 Å². The third kappa shape index (κ3) is 9.93. The SMILES string of the molecule is CCC(CNC(=O)NCCC(C)(C)C)CC(=O)O. The molecule has 0 aromatic heterocycles. The van der Waals surface area contributed by atoms with E-state index in [2.05, 4.69) is 31.4 Å². The van der Waals surface area contributed by atoms with Gasteiger partial charge in [-0.05, 0) is 17.8 Å². The summed E-state index contributed by atoms with van der Waals surface area (Å²) in [5, 5.41) is 14.2. The molecule has 1 atom stereocenters. The molecule has 0 fully saturated rings. The van der Waals surface area contributed by atoms with E-state index in [9.17, 15) is 9.59 Å². The molecule has 0 aromatic carbocycles. The van der Waals surface area contributed by atoms with E-state index < -0.39 is 5.97 Å². The Hall–Kier alpha value is -1.26. The average molecular weight is 258 g/mol. The zero-order chi connectivity index (χ0) is 14.2. The summed E-state index contributed by atoms with van der Waals surface area (Å²) >= 11 is 0. The Bertz CT molecular complexity index is 272. The van der Waals surface area contributed by atoms with E-state index in [0.29, 0.717) is 13.1 Å². The number of nitrogens with one attached hydrogen (secondary N) is 2. The normalized spacial score (nSPS) is 12.9. The van der Waals surface area contributed by atoms with Gasteiger partial charge in [0.25, 0.3) is 0 Å². The maximum Gasteiger partial charge on any atom is 0.314 e. The summed E-state index contributed by atoms with van der Waals surface area (Å²) in [6.45, 7) is 9.31. The highest BCUT2D eigenvalue weighted by molar-refractivity contribution is 5.74. The summed E-state index contributed by atoms with van der Waals surface area (Å²) in [6.07, 6.45) is 1.75. The number of urea groups is 1. The Morgan fingerprint density at radius 1 is 1.22 bits per heavy atom. The summed E-state index contributed by atoms with van der Waals surface area (Å²) in [5.74, 6) is -0.826. The number of carbonyl (C=O) groups is 2. The molecule has 2 amide bonds. The Labute approximate surface area is 109 Å². The van der Waals surface area contributed by atoms with E-state index in [1.807, 2.05) is 6.92 Å². The topological polar surface area (TPSA) is 78.4 Å². The van der Waals surface area contributed by atoms with E-state index in [-0.39, 0.29) is 23.8 Å². The number of carboxylic acids is 1. The quantitative estimate of drug-likeness (QED) is 0.655. The van der Waals surface area contributed by atoms with Crippen molar-refractivity contribution in [1.82, 2.24) is 10.6 Å². The predicted octanol–water partition coefficient (Wildman–Crippen LogP) is 2.22. The first-order valence-corrected chi connectivity index (χ1v) is 6.48. The van der Waals surface area contributed by atoms with Crippen molar-refractivity contribution in [3.63, 3.8) is 0 Å². The van der Waals surface area contributed by atoms with E-state index in [1.165, 1.54) is 0 Å². The van der Waals surface area contributed by atoms with E-state index in [4.69, 9.17) is 5.11 Å². The minimum Gasteiger partial charge on any atom is -0.481 e. The van der Waals surface area contributed by atoms with Crippen LogP contribution >= 0.6 is 0 Å². The fourth-order valence-electron chi connectivity index (χ4n) is 1.46. The van der Waals surface area contributed by atoms with Crippen LogP contribution in [0.1, 0.15) is 47.0 Å². The van der Waals surface area contributed by atoms with Crippen LogP contribution in [-0.4, -0.2) is 30.2 Å². The van der Waals surface area contributed by atoms with Gasteiger partial charge in [-0.15, -0.1) is 0 Å². The molecule has 0 aliphatic heterocycles. The molecule has 0 heterocycles. The third-order valence-electron chi connectivity index (χ3n) is 2.75. The van der Waals surface area contributed by atoms with Gasteiger partial charge >= 0.3 is 12.0 Å². The van der Waals surface area contributed by atoms with Crippen molar-refractivity contribution in [2.45, 2.75) is 47.0 Å². The highest BCUT2D eigenvalue weighted by Gasteiger charge is 2.13. The number of carbonyl (C=O) groups excluding carboxylic acids is 1. The highest BCUT2D eigenvalue weighted by atomic mass is 16.4. The standard InChI is InChI=1S/C13H26N2O3/c1-5-10(8-11(16)17)9-15-12(18)14-7-6-13(2,3)4/h10H,5-9H2,1-4H3,(H,16,17)(H2,14,15,18). The Morgan fingerprint density at radius 3 is 2.28 bits per heavy atom. The van der Waals surface area contributed by atoms with Gasteiger partial charge in [0.15, 0.2) is 0 Å². The molecular weight excluding hydrogens is 232 g/mol. The second-order valence-electron chi connectivity index (χ2n) is 5.82. The van der Waals surface area contributed by atoms with Gasteiger partial charge in [0, 0.05) is 19.5 Å². The number of hydrogen-bond donors (Lipinski definition) is 3. The zero-order valence-corrected chi connectivity index (χ0v) is 11.9. The van der Waals surface area contributed by atoms with Crippen molar-refractivity contribution < 1.29 is 14.7 Å². The van der Waals surface area contributed by atoms with Crippen molar-refractivity contribution in [2.75, 3.05) is 13.1 Å². The van der Waals surface area contributed by atoms with Crippen molar-refractivity contribution >= 4 is 12.0 Å².